The molecule has 11 nitrogen and oxygen atoms in total. The van der Waals surface area contributed by atoms with Gasteiger partial charge in [0.05, 0.1) is 17.5 Å². The van der Waals surface area contributed by atoms with Crippen LogP contribution in [-0.2, 0) is 21.2 Å². The number of nitrogens with zero attached hydrogens (tertiary/aromatic N) is 6. The summed E-state index contributed by atoms with van der Waals surface area (Å²) in [6.07, 6.45) is 4.97. The third-order valence-electron chi connectivity index (χ3n) is 8.54. The monoisotopic (exact) mass is 580 g/mol. The molecule has 12 heteroatoms. The summed E-state index contributed by atoms with van der Waals surface area (Å²) in [5.74, 6) is 1.53. The fraction of sp³-hybridized carbons (Fsp3) is 0.552. The molecule has 5 heterocycles. The van der Waals surface area contributed by atoms with E-state index in [4.69, 9.17) is 15.8 Å². The molecule has 3 aliphatic rings. The smallest absolute Gasteiger partial charge is 0.241 e. The largest absolute Gasteiger partial charge is 0.359 e. The molecular formula is C29H40N8O3S. The number of piperidine rings is 1. The van der Waals surface area contributed by atoms with Gasteiger partial charge in [0.15, 0.2) is 5.65 Å². The van der Waals surface area contributed by atoms with Crippen molar-refractivity contribution < 1.29 is 13.2 Å². The number of fused-ring (bicyclic) bond motifs is 3. The van der Waals surface area contributed by atoms with Crippen molar-refractivity contribution in [3.63, 3.8) is 0 Å². The average Bonchev–Trinajstić information content (AvgIpc) is 3.60. The van der Waals surface area contributed by atoms with Crippen molar-refractivity contribution in [1.29, 1.82) is 0 Å². The Morgan fingerprint density at radius 1 is 1.02 bits per heavy atom. The van der Waals surface area contributed by atoms with Gasteiger partial charge in [-0.25, -0.2) is 18.1 Å². The summed E-state index contributed by atoms with van der Waals surface area (Å²) >= 11 is 0. The molecular weight excluding hydrogens is 540 g/mol. The molecule has 6 rings (SSSR count). The van der Waals surface area contributed by atoms with Crippen LogP contribution in [0.2, 0.25) is 0 Å². The Morgan fingerprint density at radius 3 is 2.61 bits per heavy atom. The Balaban J connectivity index is 1.42. The lowest BCUT2D eigenvalue weighted by Crippen LogP contribution is -2.52. The average molecular weight is 581 g/mol. The predicted molar refractivity (Wildman–Crippen MR) is 159 cm³/mol. The number of amides is 1. The Hall–Kier alpha value is -3.22. The fourth-order valence-electron chi connectivity index (χ4n) is 6.32. The molecule has 2 saturated heterocycles. The first-order valence-corrected chi connectivity index (χ1v) is 16.4. The van der Waals surface area contributed by atoms with Gasteiger partial charge in [-0.1, -0.05) is 30.3 Å². The maximum atomic E-state index is 14.2. The Bertz CT molecular complexity index is 1490. The molecule has 0 spiro atoms. The van der Waals surface area contributed by atoms with E-state index in [0.717, 1.165) is 67.3 Å². The number of sulfonamides is 1. The number of carbonyl (C=O) groups excluding carboxylic acids is 1. The van der Waals surface area contributed by atoms with Gasteiger partial charge in [-0.2, -0.15) is 9.61 Å². The van der Waals surface area contributed by atoms with E-state index in [0.29, 0.717) is 32.4 Å². The second kappa shape index (κ2) is 11.6. The van der Waals surface area contributed by atoms with Gasteiger partial charge in [-0.15, -0.1) is 0 Å². The van der Waals surface area contributed by atoms with Crippen LogP contribution in [0.1, 0.15) is 55.8 Å². The molecule has 2 aromatic heterocycles. The summed E-state index contributed by atoms with van der Waals surface area (Å²) in [5, 5.41) is 5.03. The van der Waals surface area contributed by atoms with Gasteiger partial charge in [-0.05, 0) is 50.5 Å². The lowest BCUT2D eigenvalue weighted by molar-refractivity contribution is -0.137. The Labute approximate surface area is 241 Å². The van der Waals surface area contributed by atoms with Gasteiger partial charge in [0.2, 0.25) is 15.9 Å². The van der Waals surface area contributed by atoms with E-state index in [2.05, 4.69) is 20.6 Å². The quantitative estimate of drug-likeness (QED) is 0.482. The molecule has 0 saturated carbocycles. The molecule has 41 heavy (non-hydrogen) atoms. The molecule has 2 fully saturated rings. The lowest BCUT2D eigenvalue weighted by Gasteiger charge is -2.37. The van der Waals surface area contributed by atoms with Crippen LogP contribution in [0.4, 0.5) is 11.6 Å². The highest BCUT2D eigenvalue weighted by molar-refractivity contribution is 7.89. The van der Waals surface area contributed by atoms with Crippen LogP contribution in [0.25, 0.3) is 5.65 Å². The number of benzene rings is 1. The van der Waals surface area contributed by atoms with Crippen LogP contribution in [-0.4, -0.2) is 84.9 Å². The first kappa shape index (κ1) is 27.9. The summed E-state index contributed by atoms with van der Waals surface area (Å²) in [5.41, 5.74) is 8.65. The number of hydrogen-bond donors (Lipinski definition) is 2. The van der Waals surface area contributed by atoms with Gasteiger partial charge in [0, 0.05) is 51.4 Å². The molecule has 3 N–H and O–H groups in total. The van der Waals surface area contributed by atoms with E-state index in [1.165, 1.54) is 0 Å². The topological polar surface area (TPSA) is 129 Å². The molecule has 3 aromatic rings. The van der Waals surface area contributed by atoms with Gasteiger partial charge >= 0.3 is 0 Å². The number of carbonyl (C=O) groups is 1. The van der Waals surface area contributed by atoms with Gasteiger partial charge < -0.3 is 20.4 Å². The number of hydrogen-bond acceptors (Lipinski definition) is 8. The summed E-state index contributed by atoms with van der Waals surface area (Å²) in [6, 6.07) is 12.6. The summed E-state index contributed by atoms with van der Waals surface area (Å²) in [6.45, 7) is 2.82. The van der Waals surface area contributed by atoms with Crippen LogP contribution in [0.3, 0.4) is 0 Å². The first-order chi connectivity index (χ1) is 19.8. The fourth-order valence-corrected chi connectivity index (χ4v) is 7.64. The van der Waals surface area contributed by atoms with E-state index in [-0.39, 0.29) is 23.7 Å². The van der Waals surface area contributed by atoms with Crippen LogP contribution in [0.5, 0.6) is 0 Å². The molecule has 0 aliphatic carbocycles. The van der Waals surface area contributed by atoms with E-state index in [1.807, 2.05) is 52.9 Å². The van der Waals surface area contributed by atoms with Crippen molar-refractivity contribution in [2.75, 3.05) is 48.8 Å². The van der Waals surface area contributed by atoms with Gasteiger partial charge in [0.1, 0.15) is 17.7 Å². The zero-order valence-corrected chi connectivity index (χ0v) is 24.5. The van der Waals surface area contributed by atoms with E-state index >= 15 is 0 Å². The van der Waals surface area contributed by atoms with Crippen LogP contribution < -0.4 is 20.3 Å². The van der Waals surface area contributed by atoms with Crippen LogP contribution in [0.15, 0.2) is 42.5 Å². The van der Waals surface area contributed by atoms with E-state index in [1.54, 1.807) is 0 Å². The standard InChI is InChI=1S/C29H40N8O3S/c1-34-13-7-8-16-41(39,40)33-24(17-21-9-3-2-4-10-21)29(38)36-14-6-5-11-25(36)23-18-27-31-26(19-28(34)37(27)32-23)35-15-12-22(30)20-35/h2-4,9-10,18-19,22,24-25,33H,5-8,11-17,20,30H2,1H3. The third kappa shape index (κ3) is 6.05. The second-order valence-electron chi connectivity index (χ2n) is 11.7. The van der Waals surface area contributed by atoms with Crippen molar-refractivity contribution in [3.05, 3.63) is 53.7 Å². The summed E-state index contributed by atoms with van der Waals surface area (Å²) < 4.78 is 31.1. The van der Waals surface area contributed by atoms with Gasteiger partial charge in [0.25, 0.3) is 0 Å². The molecule has 220 valence electrons. The van der Waals surface area contributed by atoms with Crippen molar-refractivity contribution in [1.82, 2.24) is 24.2 Å². The maximum absolute atomic E-state index is 14.2. The summed E-state index contributed by atoms with van der Waals surface area (Å²) in [4.78, 5) is 25.3. The highest BCUT2D eigenvalue weighted by atomic mass is 32.2. The van der Waals surface area contributed by atoms with E-state index < -0.39 is 16.1 Å². The van der Waals surface area contributed by atoms with Crippen molar-refractivity contribution in [2.45, 2.75) is 63.1 Å². The number of nitrogens with two attached hydrogens (primary N) is 1. The zero-order chi connectivity index (χ0) is 28.6. The second-order valence-corrected chi connectivity index (χ2v) is 13.5. The highest BCUT2D eigenvalue weighted by Crippen LogP contribution is 2.33. The molecule has 3 atom stereocenters. The van der Waals surface area contributed by atoms with Crippen LogP contribution in [0, 0.1) is 0 Å². The highest BCUT2D eigenvalue weighted by Gasteiger charge is 2.36. The zero-order valence-electron chi connectivity index (χ0n) is 23.7. The minimum atomic E-state index is -3.67. The molecule has 1 aromatic carbocycles. The molecule has 3 aliphatic heterocycles. The Morgan fingerprint density at radius 2 is 1.83 bits per heavy atom. The van der Waals surface area contributed by atoms with Crippen LogP contribution >= 0.6 is 0 Å². The van der Waals surface area contributed by atoms with Crippen molar-refractivity contribution >= 4 is 33.2 Å². The number of anilines is 2. The lowest BCUT2D eigenvalue weighted by atomic mass is 9.97. The van der Waals surface area contributed by atoms with Crippen molar-refractivity contribution in [3.8, 4) is 0 Å². The maximum Gasteiger partial charge on any atom is 0.241 e. The Kier molecular flexibility index (Phi) is 7.88. The van der Waals surface area contributed by atoms with Crippen molar-refractivity contribution in [2.24, 2.45) is 5.73 Å². The molecule has 3 unspecified atom stereocenters. The minimum absolute atomic E-state index is 0.0309. The minimum Gasteiger partial charge on any atom is -0.359 e. The molecule has 2 bridgehead atoms. The van der Waals surface area contributed by atoms with E-state index in [9.17, 15) is 13.2 Å². The number of rotatable bonds is 3. The number of nitrogens with one attached hydrogen (secondary N) is 1. The molecule has 0 radical (unpaired) electrons. The summed E-state index contributed by atoms with van der Waals surface area (Å²) in [7, 11) is -1.66. The predicted octanol–water partition coefficient (Wildman–Crippen LogP) is 2.08. The normalized spacial score (nSPS) is 25.8. The third-order valence-corrected chi connectivity index (χ3v) is 10.0. The molecule has 1 amide bonds. The van der Waals surface area contributed by atoms with Gasteiger partial charge in [-0.3, -0.25) is 4.79 Å². The number of aromatic nitrogens is 3. The SMILES string of the molecule is CN1CCCCS(=O)(=O)NC(Cc2ccccc2)C(=O)N2CCCCC2c2cc3nc(N4CCC(N)C4)cc1n3n2. The first-order valence-electron chi connectivity index (χ1n) is 14.7.